The molecular formula is C21H25ClN2O4. The Labute approximate surface area is 169 Å². The number of nitrogens with one attached hydrogen (secondary N) is 1. The Bertz CT molecular complexity index is 856. The molecular weight excluding hydrogens is 380 g/mol. The second-order valence-electron chi connectivity index (χ2n) is 7.18. The maximum absolute atomic E-state index is 12.7. The van der Waals surface area contributed by atoms with Crippen LogP contribution in [0, 0.1) is 13.8 Å². The summed E-state index contributed by atoms with van der Waals surface area (Å²) in [6, 6.07) is 7.12. The molecule has 150 valence electrons. The first-order chi connectivity index (χ1) is 13.3. The predicted molar refractivity (Wildman–Crippen MR) is 107 cm³/mol. The van der Waals surface area contributed by atoms with Gasteiger partial charge in [0.2, 0.25) is 0 Å². The zero-order chi connectivity index (χ0) is 20.3. The number of amides is 2. The molecule has 1 aromatic heterocycles. The van der Waals surface area contributed by atoms with E-state index in [1.807, 2.05) is 19.9 Å². The molecule has 28 heavy (non-hydrogen) atoms. The molecule has 1 N–H and O–H groups in total. The van der Waals surface area contributed by atoms with E-state index in [1.54, 1.807) is 30.0 Å². The Kier molecular flexibility index (Phi) is 6.29. The van der Waals surface area contributed by atoms with Crippen molar-refractivity contribution >= 4 is 23.4 Å². The summed E-state index contributed by atoms with van der Waals surface area (Å²) in [5.41, 5.74) is 1.70. The zero-order valence-electron chi connectivity index (χ0n) is 16.3. The molecule has 1 aliphatic rings. The SMILES string of the molecule is Cc1cc(Cl)ccc1OC(C)C(=O)N1CCC(NC(=O)c2occc2C)CC1. The Hall–Kier alpha value is -2.47. The van der Waals surface area contributed by atoms with Gasteiger partial charge in [-0.1, -0.05) is 11.6 Å². The number of rotatable bonds is 5. The van der Waals surface area contributed by atoms with Crippen LogP contribution in [0.5, 0.6) is 5.75 Å². The van der Waals surface area contributed by atoms with Gasteiger partial charge in [-0.05, 0) is 63.4 Å². The Morgan fingerprint density at radius 3 is 2.54 bits per heavy atom. The molecule has 2 heterocycles. The van der Waals surface area contributed by atoms with Crippen LogP contribution in [0.15, 0.2) is 34.9 Å². The molecule has 0 bridgehead atoms. The van der Waals surface area contributed by atoms with E-state index >= 15 is 0 Å². The minimum Gasteiger partial charge on any atom is -0.481 e. The maximum Gasteiger partial charge on any atom is 0.287 e. The number of hydrogen-bond donors (Lipinski definition) is 1. The fourth-order valence-corrected chi connectivity index (χ4v) is 3.57. The maximum atomic E-state index is 12.7. The van der Waals surface area contributed by atoms with Gasteiger partial charge in [-0.15, -0.1) is 0 Å². The van der Waals surface area contributed by atoms with Gasteiger partial charge in [-0.3, -0.25) is 9.59 Å². The lowest BCUT2D eigenvalue weighted by molar-refractivity contribution is -0.139. The van der Waals surface area contributed by atoms with Crippen molar-refractivity contribution in [1.29, 1.82) is 0 Å². The lowest BCUT2D eigenvalue weighted by Crippen LogP contribution is -2.49. The first-order valence-electron chi connectivity index (χ1n) is 9.41. The molecule has 6 nitrogen and oxygen atoms in total. The van der Waals surface area contributed by atoms with Crippen LogP contribution >= 0.6 is 11.6 Å². The van der Waals surface area contributed by atoms with Crippen LogP contribution in [-0.4, -0.2) is 41.9 Å². The second-order valence-corrected chi connectivity index (χ2v) is 7.61. The van der Waals surface area contributed by atoms with Crippen molar-refractivity contribution in [2.75, 3.05) is 13.1 Å². The van der Waals surface area contributed by atoms with E-state index in [0.29, 0.717) is 42.5 Å². The number of benzene rings is 1. The highest BCUT2D eigenvalue weighted by Crippen LogP contribution is 2.23. The van der Waals surface area contributed by atoms with Crippen molar-refractivity contribution in [2.24, 2.45) is 0 Å². The summed E-state index contributed by atoms with van der Waals surface area (Å²) in [7, 11) is 0. The highest BCUT2D eigenvalue weighted by Gasteiger charge is 2.28. The molecule has 1 unspecified atom stereocenters. The number of likely N-dealkylation sites (tertiary alicyclic amines) is 1. The minimum atomic E-state index is -0.586. The van der Waals surface area contributed by atoms with Crippen molar-refractivity contribution in [2.45, 2.75) is 45.8 Å². The van der Waals surface area contributed by atoms with Gasteiger partial charge >= 0.3 is 0 Å². The van der Waals surface area contributed by atoms with E-state index in [9.17, 15) is 9.59 Å². The summed E-state index contributed by atoms with van der Waals surface area (Å²) < 4.78 is 11.1. The highest BCUT2D eigenvalue weighted by atomic mass is 35.5. The van der Waals surface area contributed by atoms with E-state index < -0.39 is 6.10 Å². The molecule has 0 radical (unpaired) electrons. The molecule has 1 saturated heterocycles. The second kappa shape index (κ2) is 8.69. The molecule has 7 heteroatoms. The van der Waals surface area contributed by atoms with Gasteiger partial charge in [0.25, 0.3) is 11.8 Å². The third-order valence-electron chi connectivity index (χ3n) is 5.00. The smallest absolute Gasteiger partial charge is 0.287 e. The van der Waals surface area contributed by atoms with E-state index in [2.05, 4.69) is 5.32 Å². The van der Waals surface area contributed by atoms with Crippen LogP contribution in [0.3, 0.4) is 0 Å². The number of hydrogen-bond acceptors (Lipinski definition) is 4. The highest BCUT2D eigenvalue weighted by molar-refractivity contribution is 6.30. The number of furan rings is 1. The van der Waals surface area contributed by atoms with Gasteiger partial charge in [-0.25, -0.2) is 0 Å². The molecule has 0 saturated carbocycles. The van der Waals surface area contributed by atoms with Gasteiger partial charge in [0, 0.05) is 29.7 Å². The third kappa shape index (κ3) is 4.68. The van der Waals surface area contributed by atoms with Crippen molar-refractivity contribution in [3.05, 3.63) is 52.4 Å². The number of nitrogens with zero attached hydrogens (tertiary/aromatic N) is 1. The van der Waals surface area contributed by atoms with Gasteiger partial charge in [0.05, 0.1) is 6.26 Å². The quantitative estimate of drug-likeness (QED) is 0.824. The van der Waals surface area contributed by atoms with Crippen molar-refractivity contribution in [3.8, 4) is 5.75 Å². The number of carbonyl (C=O) groups excluding carboxylic acids is 2. The lowest BCUT2D eigenvalue weighted by Gasteiger charge is -2.33. The van der Waals surface area contributed by atoms with E-state index in [1.165, 1.54) is 6.26 Å². The summed E-state index contributed by atoms with van der Waals surface area (Å²) in [4.78, 5) is 26.8. The van der Waals surface area contributed by atoms with Gasteiger partial charge in [0.1, 0.15) is 5.75 Å². The summed E-state index contributed by atoms with van der Waals surface area (Å²) in [5, 5.41) is 3.63. The molecule has 2 aromatic rings. The molecule has 0 spiro atoms. The van der Waals surface area contributed by atoms with E-state index in [0.717, 1.165) is 11.1 Å². The van der Waals surface area contributed by atoms with Gasteiger partial charge in [0.15, 0.2) is 11.9 Å². The molecule has 3 rings (SSSR count). The first-order valence-corrected chi connectivity index (χ1v) is 9.79. The van der Waals surface area contributed by atoms with Crippen LogP contribution in [0.2, 0.25) is 5.02 Å². The van der Waals surface area contributed by atoms with Gasteiger partial charge < -0.3 is 19.4 Å². The number of halogens is 1. The summed E-state index contributed by atoms with van der Waals surface area (Å²) in [6.45, 7) is 6.64. The van der Waals surface area contributed by atoms with Crippen molar-refractivity contribution < 1.29 is 18.7 Å². The molecule has 1 atom stereocenters. The summed E-state index contributed by atoms with van der Waals surface area (Å²) >= 11 is 5.96. The molecule has 1 fully saturated rings. The first kappa shape index (κ1) is 20.3. The normalized spacial score (nSPS) is 15.9. The Morgan fingerprint density at radius 2 is 1.93 bits per heavy atom. The largest absolute Gasteiger partial charge is 0.481 e. The number of aryl methyl sites for hydroxylation is 2. The summed E-state index contributed by atoms with van der Waals surface area (Å²) in [6.07, 6.45) is 2.32. The number of piperidine rings is 1. The molecule has 1 aliphatic heterocycles. The van der Waals surface area contributed by atoms with Crippen LogP contribution < -0.4 is 10.1 Å². The molecule has 1 aromatic carbocycles. The third-order valence-corrected chi connectivity index (χ3v) is 5.23. The van der Waals surface area contributed by atoms with Crippen LogP contribution in [0.25, 0.3) is 0 Å². The average molecular weight is 405 g/mol. The minimum absolute atomic E-state index is 0.0239. The lowest BCUT2D eigenvalue weighted by atomic mass is 10.0. The van der Waals surface area contributed by atoms with Crippen LogP contribution in [-0.2, 0) is 4.79 Å². The van der Waals surface area contributed by atoms with Crippen molar-refractivity contribution in [3.63, 3.8) is 0 Å². The molecule has 0 aliphatic carbocycles. The zero-order valence-corrected chi connectivity index (χ0v) is 17.1. The predicted octanol–water partition coefficient (Wildman–Crippen LogP) is 3.74. The molecule has 2 amide bonds. The van der Waals surface area contributed by atoms with Crippen molar-refractivity contribution in [1.82, 2.24) is 10.2 Å². The Morgan fingerprint density at radius 1 is 1.21 bits per heavy atom. The topological polar surface area (TPSA) is 71.8 Å². The van der Waals surface area contributed by atoms with E-state index in [-0.39, 0.29) is 17.9 Å². The van der Waals surface area contributed by atoms with Crippen LogP contribution in [0.1, 0.15) is 41.4 Å². The fraction of sp³-hybridized carbons (Fsp3) is 0.429. The van der Waals surface area contributed by atoms with Gasteiger partial charge in [-0.2, -0.15) is 0 Å². The standard InChI is InChI=1S/C21H25ClN2O4/c1-13-8-11-27-19(13)20(25)23-17-6-9-24(10-7-17)21(26)15(3)28-18-5-4-16(22)12-14(18)2/h4-5,8,11-12,15,17H,6-7,9-10H2,1-3H3,(H,23,25). The fourth-order valence-electron chi connectivity index (χ4n) is 3.34. The van der Waals surface area contributed by atoms with Crippen LogP contribution in [0.4, 0.5) is 0 Å². The Balaban J connectivity index is 1.50. The average Bonchev–Trinajstić information content (AvgIpc) is 3.10. The monoisotopic (exact) mass is 404 g/mol. The number of carbonyl (C=O) groups is 2. The summed E-state index contributed by atoms with van der Waals surface area (Å²) in [5.74, 6) is 0.739. The number of ether oxygens (including phenoxy) is 1. The van der Waals surface area contributed by atoms with E-state index in [4.69, 9.17) is 20.8 Å².